The molecule has 0 unspecified atom stereocenters. The Morgan fingerprint density at radius 1 is 0.958 bits per heavy atom. The van der Waals surface area contributed by atoms with E-state index in [1.54, 1.807) is 6.08 Å². The van der Waals surface area contributed by atoms with Crippen molar-refractivity contribution in [3.05, 3.63) is 66.2 Å². The summed E-state index contributed by atoms with van der Waals surface area (Å²) in [4.78, 5) is 16.6. The molecule has 1 aliphatic heterocycles. The fourth-order valence-corrected chi connectivity index (χ4v) is 3.01. The Morgan fingerprint density at radius 2 is 1.67 bits per heavy atom. The van der Waals surface area contributed by atoms with Crippen LogP contribution < -0.4 is 0 Å². The van der Waals surface area contributed by atoms with E-state index in [0.717, 1.165) is 38.3 Å². The number of amides is 1. The van der Waals surface area contributed by atoms with E-state index in [-0.39, 0.29) is 5.91 Å². The summed E-state index contributed by atoms with van der Waals surface area (Å²) in [6, 6.07) is 18.6. The van der Waals surface area contributed by atoms with Crippen LogP contribution in [0, 0.1) is 0 Å². The van der Waals surface area contributed by atoms with Crippen molar-refractivity contribution in [3.63, 3.8) is 0 Å². The second-order valence-electron chi connectivity index (χ2n) is 6.08. The molecule has 0 aromatic heterocycles. The molecule has 24 heavy (non-hydrogen) atoms. The van der Waals surface area contributed by atoms with Crippen LogP contribution in [-0.4, -0.2) is 48.4 Å². The summed E-state index contributed by atoms with van der Waals surface area (Å²) in [6.45, 7) is 6.81. The van der Waals surface area contributed by atoms with Crippen molar-refractivity contribution in [2.45, 2.75) is 6.92 Å². The summed E-state index contributed by atoms with van der Waals surface area (Å²) in [5.41, 5.74) is 3.41. The van der Waals surface area contributed by atoms with Crippen molar-refractivity contribution in [1.29, 1.82) is 0 Å². The zero-order valence-electron chi connectivity index (χ0n) is 14.2. The lowest BCUT2D eigenvalue weighted by Gasteiger charge is -2.33. The van der Waals surface area contributed by atoms with Gasteiger partial charge in [0.15, 0.2) is 0 Å². The second kappa shape index (κ2) is 7.93. The maximum Gasteiger partial charge on any atom is 0.246 e. The van der Waals surface area contributed by atoms with Crippen LogP contribution in [0.1, 0.15) is 12.5 Å². The Hall–Kier alpha value is -2.39. The fourth-order valence-electron chi connectivity index (χ4n) is 3.01. The number of carbonyl (C=O) groups excluding carboxylic acids is 1. The number of rotatable bonds is 4. The summed E-state index contributed by atoms with van der Waals surface area (Å²) in [6.07, 6.45) is 3.62. The van der Waals surface area contributed by atoms with Crippen LogP contribution in [0.25, 0.3) is 17.2 Å². The molecular formula is C21H24N2O. The number of piperazine rings is 1. The minimum atomic E-state index is 0.107. The minimum Gasteiger partial charge on any atom is -0.337 e. The highest BCUT2D eigenvalue weighted by atomic mass is 16.2. The third-order valence-corrected chi connectivity index (χ3v) is 4.54. The maximum atomic E-state index is 12.3. The second-order valence-corrected chi connectivity index (χ2v) is 6.08. The standard InChI is InChI=1S/C21H24N2O/c1-2-22-13-15-23(16-14-22)21(24)12-11-18-7-6-10-20(17-18)19-8-4-3-5-9-19/h3-12,17H,2,13-16H2,1H3. The summed E-state index contributed by atoms with van der Waals surface area (Å²) in [5.74, 6) is 0.107. The Morgan fingerprint density at radius 3 is 2.38 bits per heavy atom. The zero-order valence-corrected chi connectivity index (χ0v) is 14.2. The van der Waals surface area contributed by atoms with Crippen LogP contribution in [0.15, 0.2) is 60.7 Å². The molecule has 0 bridgehead atoms. The van der Waals surface area contributed by atoms with E-state index in [1.807, 2.05) is 41.3 Å². The molecular weight excluding hydrogens is 296 g/mol. The van der Waals surface area contributed by atoms with Crippen molar-refractivity contribution >= 4 is 12.0 Å². The normalized spacial score (nSPS) is 15.8. The van der Waals surface area contributed by atoms with Crippen LogP contribution in [0.4, 0.5) is 0 Å². The van der Waals surface area contributed by atoms with Crippen molar-refractivity contribution < 1.29 is 4.79 Å². The van der Waals surface area contributed by atoms with Gasteiger partial charge in [0.1, 0.15) is 0 Å². The van der Waals surface area contributed by atoms with Crippen LogP contribution in [0.2, 0.25) is 0 Å². The highest BCUT2D eigenvalue weighted by Gasteiger charge is 2.18. The average Bonchev–Trinajstić information content (AvgIpc) is 2.67. The smallest absolute Gasteiger partial charge is 0.246 e. The average molecular weight is 320 g/mol. The summed E-state index contributed by atoms with van der Waals surface area (Å²) < 4.78 is 0. The van der Waals surface area contributed by atoms with Gasteiger partial charge >= 0.3 is 0 Å². The summed E-state index contributed by atoms with van der Waals surface area (Å²) in [7, 11) is 0. The van der Waals surface area contributed by atoms with Gasteiger partial charge in [0, 0.05) is 32.3 Å². The van der Waals surface area contributed by atoms with Gasteiger partial charge in [-0.1, -0.05) is 55.5 Å². The van der Waals surface area contributed by atoms with E-state index in [2.05, 4.69) is 36.1 Å². The molecule has 1 amide bonds. The first-order chi connectivity index (χ1) is 11.8. The van der Waals surface area contributed by atoms with Gasteiger partial charge in [-0.2, -0.15) is 0 Å². The highest BCUT2D eigenvalue weighted by molar-refractivity contribution is 5.92. The van der Waals surface area contributed by atoms with Gasteiger partial charge in [0.2, 0.25) is 5.91 Å². The van der Waals surface area contributed by atoms with E-state index in [0.29, 0.717) is 0 Å². The Kier molecular flexibility index (Phi) is 5.44. The highest BCUT2D eigenvalue weighted by Crippen LogP contribution is 2.20. The lowest BCUT2D eigenvalue weighted by molar-refractivity contribution is -0.127. The number of benzene rings is 2. The Bertz CT molecular complexity index is 701. The number of hydrogen-bond donors (Lipinski definition) is 0. The van der Waals surface area contributed by atoms with Crippen molar-refractivity contribution in [2.75, 3.05) is 32.7 Å². The number of carbonyl (C=O) groups is 1. The number of nitrogens with zero attached hydrogens (tertiary/aromatic N) is 2. The molecule has 0 radical (unpaired) electrons. The molecule has 0 spiro atoms. The van der Waals surface area contributed by atoms with Gasteiger partial charge in [0.25, 0.3) is 0 Å². The zero-order chi connectivity index (χ0) is 16.8. The van der Waals surface area contributed by atoms with E-state index in [1.165, 1.54) is 11.1 Å². The van der Waals surface area contributed by atoms with Crippen molar-refractivity contribution in [3.8, 4) is 11.1 Å². The topological polar surface area (TPSA) is 23.6 Å². The third-order valence-electron chi connectivity index (χ3n) is 4.54. The van der Waals surface area contributed by atoms with Crippen LogP contribution in [-0.2, 0) is 4.79 Å². The van der Waals surface area contributed by atoms with Gasteiger partial charge in [-0.05, 0) is 35.4 Å². The van der Waals surface area contributed by atoms with E-state index < -0.39 is 0 Å². The Balaban J connectivity index is 1.65. The van der Waals surface area contributed by atoms with Gasteiger partial charge in [-0.15, -0.1) is 0 Å². The summed E-state index contributed by atoms with van der Waals surface area (Å²) in [5, 5.41) is 0. The van der Waals surface area contributed by atoms with Crippen LogP contribution >= 0.6 is 0 Å². The molecule has 1 fully saturated rings. The van der Waals surface area contributed by atoms with Gasteiger partial charge < -0.3 is 9.80 Å². The molecule has 0 atom stereocenters. The molecule has 1 aliphatic rings. The van der Waals surface area contributed by atoms with Gasteiger partial charge in [0.05, 0.1) is 0 Å². The first-order valence-corrected chi connectivity index (χ1v) is 8.61. The first kappa shape index (κ1) is 16.5. The Labute approximate surface area is 144 Å². The molecule has 1 saturated heterocycles. The molecule has 3 heteroatoms. The monoisotopic (exact) mass is 320 g/mol. The molecule has 3 nitrogen and oxygen atoms in total. The fraction of sp³-hybridized carbons (Fsp3) is 0.286. The third kappa shape index (κ3) is 4.12. The summed E-state index contributed by atoms with van der Waals surface area (Å²) >= 11 is 0. The molecule has 0 aliphatic carbocycles. The van der Waals surface area contributed by atoms with E-state index in [9.17, 15) is 4.79 Å². The van der Waals surface area contributed by atoms with Crippen molar-refractivity contribution in [2.24, 2.45) is 0 Å². The molecule has 3 rings (SSSR count). The lowest BCUT2D eigenvalue weighted by Crippen LogP contribution is -2.48. The van der Waals surface area contributed by atoms with Gasteiger partial charge in [-0.25, -0.2) is 0 Å². The molecule has 0 saturated carbocycles. The number of likely N-dealkylation sites (N-methyl/N-ethyl adjacent to an activating group) is 1. The predicted octanol–water partition coefficient (Wildman–Crippen LogP) is 3.53. The van der Waals surface area contributed by atoms with E-state index in [4.69, 9.17) is 0 Å². The van der Waals surface area contributed by atoms with Crippen LogP contribution in [0.3, 0.4) is 0 Å². The van der Waals surface area contributed by atoms with Crippen molar-refractivity contribution in [1.82, 2.24) is 9.80 Å². The molecule has 0 N–H and O–H groups in total. The predicted molar refractivity (Wildman–Crippen MR) is 99.6 cm³/mol. The van der Waals surface area contributed by atoms with E-state index >= 15 is 0 Å². The molecule has 1 heterocycles. The first-order valence-electron chi connectivity index (χ1n) is 8.61. The quantitative estimate of drug-likeness (QED) is 0.805. The lowest BCUT2D eigenvalue weighted by atomic mass is 10.0. The minimum absolute atomic E-state index is 0.107. The van der Waals surface area contributed by atoms with Gasteiger partial charge in [-0.3, -0.25) is 4.79 Å². The SMILES string of the molecule is CCN1CCN(C(=O)C=Cc2cccc(-c3ccccc3)c2)CC1. The molecule has 124 valence electrons. The maximum absolute atomic E-state index is 12.3. The largest absolute Gasteiger partial charge is 0.337 e. The molecule has 2 aromatic carbocycles. The molecule has 2 aromatic rings. The number of hydrogen-bond acceptors (Lipinski definition) is 2. The van der Waals surface area contributed by atoms with Crippen LogP contribution in [0.5, 0.6) is 0 Å².